The Morgan fingerprint density at radius 3 is 2.25 bits per heavy atom. The summed E-state index contributed by atoms with van der Waals surface area (Å²) in [5.74, 6) is -0.559. The van der Waals surface area contributed by atoms with Gasteiger partial charge in [0, 0.05) is 5.02 Å². The molecule has 0 spiro atoms. The highest BCUT2D eigenvalue weighted by molar-refractivity contribution is 7.92. The van der Waals surface area contributed by atoms with Crippen LogP contribution in [0, 0.1) is 13.8 Å². The van der Waals surface area contributed by atoms with E-state index in [1.54, 1.807) is 61.5 Å². The van der Waals surface area contributed by atoms with Crippen molar-refractivity contribution in [3.05, 3.63) is 94.5 Å². The Bertz CT molecular complexity index is 1240. The van der Waals surface area contributed by atoms with Gasteiger partial charge in [0.1, 0.15) is 6.54 Å². The number of hydrazone groups is 1. The first-order valence-corrected chi connectivity index (χ1v) is 11.7. The van der Waals surface area contributed by atoms with Gasteiger partial charge < -0.3 is 0 Å². The molecule has 0 radical (unpaired) electrons. The smallest absolute Gasteiger partial charge is 0.264 e. The molecular formula is C24H24ClN3O3S. The third kappa shape index (κ3) is 5.55. The molecule has 0 atom stereocenters. The van der Waals surface area contributed by atoms with Crippen LogP contribution in [0.1, 0.15) is 23.6 Å². The number of nitrogens with one attached hydrogen (secondary N) is 1. The molecular weight excluding hydrogens is 446 g/mol. The number of carbonyl (C=O) groups is 1. The predicted molar refractivity (Wildman–Crippen MR) is 129 cm³/mol. The van der Waals surface area contributed by atoms with Crippen LogP contribution < -0.4 is 9.73 Å². The Hall–Kier alpha value is -3.16. The summed E-state index contributed by atoms with van der Waals surface area (Å²) in [6.45, 7) is 5.16. The van der Waals surface area contributed by atoms with Gasteiger partial charge in [0.2, 0.25) is 0 Å². The molecule has 8 heteroatoms. The average Bonchev–Trinajstić information content (AvgIpc) is 2.78. The highest BCUT2D eigenvalue weighted by atomic mass is 35.5. The number of carbonyl (C=O) groups excluding carboxylic acids is 1. The Kier molecular flexibility index (Phi) is 7.33. The first-order valence-electron chi connectivity index (χ1n) is 9.92. The van der Waals surface area contributed by atoms with Crippen molar-refractivity contribution in [3.63, 3.8) is 0 Å². The van der Waals surface area contributed by atoms with E-state index >= 15 is 0 Å². The molecule has 0 saturated carbocycles. The average molecular weight is 470 g/mol. The van der Waals surface area contributed by atoms with Crippen LogP contribution in [0.4, 0.5) is 5.69 Å². The van der Waals surface area contributed by atoms with Crippen molar-refractivity contribution < 1.29 is 13.2 Å². The maximum absolute atomic E-state index is 13.4. The molecule has 166 valence electrons. The molecule has 0 unspecified atom stereocenters. The molecule has 32 heavy (non-hydrogen) atoms. The maximum atomic E-state index is 13.4. The molecule has 3 aromatic carbocycles. The summed E-state index contributed by atoms with van der Waals surface area (Å²) in [6, 6.07) is 20.3. The van der Waals surface area contributed by atoms with E-state index in [4.69, 9.17) is 11.6 Å². The minimum Gasteiger partial charge on any atom is -0.271 e. The highest BCUT2D eigenvalue weighted by Crippen LogP contribution is 2.25. The quantitative estimate of drug-likeness (QED) is 0.402. The van der Waals surface area contributed by atoms with E-state index in [0.29, 0.717) is 16.4 Å². The number of aryl methyl sites for hydroxylation is 2. The third-order valence-electron chi connectivity index (χ3n) is 5.01. The number of benzene rings is 3. The van der Waals surface area contributed by atoms with Crippen LogP contribution in [-0.2, 0) is 14.8 Å². The van der Waals surface area contributed by atoms with Gasteiger partial charge in [-0.05, 0) is 73.9 Å². The Balaban J connectivity index is 1.88. The van der Waals surface area contributed by atoms with Gasteiger partial charge in [-0.1, -0.05) is 48.0 Å². The predicted octanol–water partition coefficient (Wildman–Crippen LogP) is 4.69. The summed E-state index contributed by atoms with van der Waals surface area (Å²) in [5.41, 5.74) is 6.17. The van der Waals surface area contributed by atoms with Gasteiger partial charge in [-0.3, -0.25) is 9.10 Å². The lowest BCUT2D eigenvalue weighted by Crippen LogP contribution is -2.39. The lowest BCUT2D eigenvalue weighted by molar-refractivity contribution is -0.119. The van der Waals surface area contributed by atoms with Crippen LogP contribution in [0.3, 0.4) is 0 Å². The second-order valence-electron chi connectivity index (χ2n) is 7.33. The molecule has 0 aliphatic rings. The molecule has 1 N–H and O–H groups in total. The van der Waals surface area contributed by atoms with Crippen molar-refractivity contribution in [2.45, 2.75) is 25.7 Å². The van der Waals surface area contributed by atoms with Crippen LogP contribution in [0.15, 0.2) is 82.8 Å². The summed E-state index contributed by atoms with van der Waals surface area (Å²) in [7, 11) is -3.96. The Morgan fingerprint density at radius 1 is 0.969 bits per heavy atom. The fourth-order valence-corrected chi connectivity index (χ4v) is 4.54. The normalized spacial score (nSPS) is 11.8. The van der Waals surface area contributed by atoms with Crippen LogP contribution in [-0.4, -0.2) is 26.6 Å². The first-order chi connectivity index (χ1) is 15.2. The fraction of sp³-hybridized carbons (Fsp3) is 0.167. The number of rotatable bonds is 7. The highest BCUT2D eigenvalue weighted by Gasteiger charge is 2.27. The Labute approximate surface area is 193 Å². The van der Waals surface area contributed by atoms with E-state index in [0.717, 1.165) is 21.0 Å². The Morgan fingerprint density at radius 2 is 1.62 bits per heavy atom. The second kappa shape index (κ2) is 9.97. The number of hydrogen-bond acceptors (Lipinski definition) is 4. The summed E-state index contributed by atoms with van der Waals surface area (Å²) < 4.78 is 27.8. The minimum atomic E-state index is -3.96. The van der Waals surface area contributed by atoms with E-state index < -0.39 is 22.5 Å². The van der Waals surface area contributed by atoms with Gasteiger partial charge in [-0.15, -0.1) is 0 Å². The SMILES string of the molecule is C/C(=N/NC(=O)CN(c1ccc(C)c(C)c1)S(=O)(=O)c1ccccc1)c1ccc(Cl)cc1. The van der Waals surface area contributed by atoms with E-state index in [2.05, 4.69) is 10.5 Å². The number of anilines is 1. The minimum absolute atomic E-state index is 0.104. The van der Waals surface area contributed by atoms with Crippen LogP contribution in [0.5, 0.6) is 0 Å². The largest absolute Gasteiger partial charge is 0.271 e. The number of halogens is 1. The number of amides is 1. The standard InChI is InChI=1S/C24H24ClN3O3S/c1-17-9-14-22(15-18(17)2)28(32(30,31)23-7-5-4-6-8-23)16-24(29)27-26-19(3)20-10-12-21(25)13-11-20/h4-15H,16H2,1-3H3,(H,27,29)/b26-19-. The molecule has 0 aromatic heterocycles. The van der Waals surface area contributed by atoms with Gasteiger partial charge in [0.15, 0.2) is 0 Å². The zero-order valence-corrected chi connectivity index (χ0v) is 19.6. The van der Waals surface area contributed by atoms with Crippen molar-refractivity contribution in [1.29, 1.82) is 0 Å². The molecule has 3 rings (SSSR count). The molecule has 0 aliphatic heterocycles. The molecule has 3 aromatic rings. The molecule has 0 saturated heterocycles. The van der Waals surface area contributed by atoms with Gasteiger partial charge in [-0.25, -0.2) is 13.8 Å². The lowest BCUT2D eigenvalue weighted by atomic mass is 10.1. The summed E-state index contributed by atoms with van der Waals surface area (Å²) in [6.07, 6.45) is 0. The van der Waals surface area contributed by atoms with Gasteiger partial charge >= 0.3 is 0 Å². The summed E-state index contributed by atoms with van der Waals surface area (Å²) in [4.78, 5) is 12.8. The van der Waals surface area contributed by atoms with Gasteiger partial charge in [-0.2, -0.15) is 5.10 Å². The van der Waals surface area contributed by atoms with Crippen molar-refractivity contribution in [3.8, 4) is 0 Å². The molecule has 0 heterocycles. The molecule has 0 bridgehead atoms. The summed E-state index contributed by atoms with van der Waals surface area (Å²) in [5, 5.41) is 4.71. The van der Waals surface area contributed by atoms with E-state index in [9.17, 15) is 13.2 Å². The monoisotopic (exact) mass is 469 g/mol. The fourth-order valence-electron chi connectivity index (χ4n) is 2.98. The van der Waals surface area contributed by atoms with E-state index in [-0.39, 0.29) is 4.90 Å². The van der Waals surface area contributed by atoms with Gasteiger partial charge in [0.25, 0.3) is 15.9 Å². The molecule has 0 fully saturated rings. The van der Waals surface area contributed by atoms with Crippen LogP contribution in [0.2, 0.25) is 5.02 Å². The van der Waals surface area contributed by atoms with Crippen LogP contribution in [0.25, 0.3) is 0 Å². The zero-order valence-electron chi connectivity index (χ0n) is 18.0. The summed E-state index contributed by atoms with van der Waals surface area (Å²) >= 11 is 5.90. The van der Waals surface area contributed by atoms with Gasteiger partial charge in [0.05, 0.1) is 16.3 Å². The third-order valence-corrected chi connectivity index (χ3v) is 7.05. The number of nitrogens with zero attached hydrogens (tertiary/aromatic N) is 2. The molecule has 0 aliphatic carbocycles. The maximum Gasteiger partial charge on any atom is 0.264 e. The van der Waals surface area contributed by atoms with Crippen molar-refractivity contribution in [2.75, 3.05) is 10.8 Å². The number of sulfonamides is 1. The first kappa shape index (κ1) is 23.5. The zero-order chi connectivity index (χ0) is 23.3. The second-order valence-corrected chi connectivity index (χ2v) is 9.63. The van der Waals surface area contributed by atoms with Crippen molar-refractivity contribution >= 4 is 38.9 Å². The van der Waals surface area contributed by atoms with Crippen molar-refractivity contribution in [2.24, 2.45) is 5.10 Å². The molecule has 1 amide bonds. The topological polar surface area (TPSA) is 78.8 Å². The number of hydrogen-bond donors (Lipinski definition) is 1. The van der Waals surface area contributed by atoms with Crippen molar-refractivity contribution in [1.82, 2.24) is 5.43 Å². The molecule has 6 nitrogen and oxygen atoms in total. The van der Waals surface area contributed by atoms with E-state index in [1.165, 1.54) is 12.1 Å². The van der Waals surface area contributed by atoms with E-state index in [1.807, 2.05) is 19.9 Å². The lowest BCUT2D eigenvalue weighted by Gasteiger charge is -2.24. The van der Waals surface area contributed by atoms with Crippen LogP contribution >= 0.6 is 11.6 Å².